The number of carbonyl (C=O) groups is 1. The van der Waals surface area contributed by atoms with Gasteiger partial charge in [0.1, 0.15) is 5.82 Å². The lowest BCUT2D eigenvalue weighted by atomic mass is 10.1. The minimum absolute atomic E-state index is 0.140. The van der Waals surface area contributed by atoms with Gasteiger partial charge in [-0.3, -0.25) is 4.79 Å². The van der Waals surface area contributed by atoms with Gasteiger partial charge in [0, 0.05) is 25.7 Å². The molecule has 3 nitrogen and oxygen atoms in total. The molecule has 0 aliphatic carbocycles. The molecule has 1 aromatic carbocycles. The monoisotopic (exact) mass is 314 g/mol. The van der Waals surface area contributed by atoms with Gasteiger partial charge in [-0.25, -0.2) is 4.39 Å². The standard InChI is InChI=1S/C13H16BrFN2O/c1-9-8-17(7-6-16(9)2)13(18)10-4-3-5-11(14)12(10)15/h3-5,9H,6-8H2,1-2H3. The predicted molar refractivity (Wildman–Crippen MR) is 72.1 cm³/mol. The summed E-state index contributed by atoms with van der Waals surface area (Å²) in [5.41, 5.74) is 0.140. The molecule has 98 valence electrons. The molecule has 1 aliphatic heterocycles. The topological polar surface area (TPSA) is 23.6 Å². The SMILES string of the molecule is CC1CN(C(=O)c2cccc(Br)c2F)CCN1C. The highest BCUT2D eigenvalue weighted by atomic mass is 79.9. The molecule has 0 aromatic heterocycles. The largest absolute Gasteiger partial charge is 0.336 e. The molecule has 1 atom stereocenters. The first-order valence-corrected chi connectivity index (χ1v) is 6.73. The average molecular weight is 315 g/mol. The molecule has 1 aliphatic rings. The van der Waals surface area contributed by atoms with E-state index in [1.54, 1.807) is 17.0 Å². The Bertz CT molecular complexity index is 466. The van der Waals surface area contributed by atoms with Crippen molar-refractivity contribution in [3.63, 3.8) is 0 Å². The Balaban J connectivity index is 2.19. The molecule has 0 radical (unpaired) electrons. The number of halogens is 2. The van der Waals surface area contributed by atoms with E-state index < -0.39 is 5.82 Å². The van der Waals surface area contributed by atoms with E-state index in [2.05, 4.69) is 27.8 Å². The molecule has 0 spiro atoms. The van der Waals surface area contributed by atoms with Crippen LogP contribution in [0.3, 0.4) is 0 Å². The van der Waals surface area contributed by atoms with Crippen LogP contribution in [0.15, 0.2) is 22.7 Å². The Morgan fingerprint density at radius 2 is 2.17 bits per heavy atom. The zero-order valence-electron chi connectivity index (χ0n) is 10.5. The van der Waals surface area contributed by atoms with Gasteiger partial charge in [0.15, 0.2) is 0 Å². The maximum absolute atomic E-state index is 13.9. The van der Waals surface area contributed by atoms with Crippen LogP contribution >= 0.6 is 15.9 Å². The molecule has 1 heterocycles. The van der Waals surface area contributed by atoms with Crippen LogP contribution in [0.1, 0.15) is 17.3 Å². The maximum atomic E-state index is 13.9. The summed E-state index contributed by atoms with van der Waals surface area (Å²) in [5, 5.41) is 0. The van der Waals surface area contributed by atoms with E-state index in [1.165, 1.54) is 6.07 Å². The lowest BCUT2D eigenvalue weighted by molar-refractivity contribution is 0.0568. The smallest absolute Gasteiger partial charge is 0.256 e. The van der Waals surface area contributed by atoms with Crippen LogP contribution in [0.2, 0.25) is 0 Å². The zero-order valence-corrected chi connectivity index (χ0v) is 12.1. The first kappa shape index (κ1) is 13.5. The van der Waals surface area contributed by atoms with Gasteiger partial charge in [-0.15, -0.1) is 0 Å². The van der Waals surface area contributed by atoms with Crippen LogP contribution < -0.4 is 0 Å². The first-order chi connectivity index (χ1) is 8.50. The van der Waals surface area contributed by atoms with Gasteiger partial charge in [-0.05, 0) is 42.0 Å². The van der Waals surface area contributed by atoms with E-state index in [4.69, 9.17) is 0 Å². The maximum Gasteiger partial charge on any atom is 0.256 e. The van der Waals surface area contributed by atoms with Crippen molar-refractivity contribution in [2.24, 2.45) is 0 Å². The van der Waals surface area contributed by atoms with Crippen molar-refractivity contribution >= 4 is 21.8 Å². The quantitative estimate of drug-likeness (QED) is 0.794. The third-order valence-electron chi connectivity index (χ3n) is 3.43. The average Bonchev–Trinajstić information content (AvgIpc) is 2.35. The van der Waals surface area contributed by atoms with Crippen LogP contribution in [0.5, 0.6) is 0 Å². The van der Waals surface area contributed by atoms with E-state index in [1.807, 2.05) is 7.05 Å². The Kier molecular flexibility index (Phi) is 4.02. The van der Waals surface area contributed by atoms with Gasteiger partial charge in [0.2, 0.25) is 0 Å². The molecule has 1 aromatic rings. The van der Waals surface area contributed by atoms with Crippen molar-refractivity contribution in [1.29, 1.82) is 0 Å². The fourth-order valence-corrected chi connectivity index (χ4v) is 2.44. The lowest BCUT2D eigenvalue weighted by Crippen LogP contribution is -2.52. The summed E-state index contributed by atoms with van der Waals surface area (Å²) < 4.78 is 14.2. The summed E-state index contributed by atoms with van der Waals surface area (Å²) in [6.45, 7) is 4.17. The van der Waals surface area contributed by atoms with Gasteiger partial charge in [-0.1, -0.05) is 6.07 Å². The van der Waals surface area contributed by atoms with Crippen LogP contribution in [-0.2, 0) is 0 Å². The summed E-state index contributed by atoms with van der Waals surface area (Å²) in [7, 11) is 2.03. The third-order valence-corrected chi connectivity index (χ3v) is 4.04. The molecule has 1 saturated heterocycles. The molecule has 18 heavy (non-hydrogen) atoms. The Morgan fingerprint density at radius 3 is 2.83 bits per heavy atom. The first-order valence-electron chi connectivity index (χ1n) is 5.94. The van der Waals surface area contributed by atoms with Crippen molar-refractivity contribution in [3.8, 4) is 0 Å². The number of piperazine rings is 1. The van der Waals surface area contributed by atoms with E-state index in [0.29, 0.717) is 23.6 Å². The van der Waals surface area contributed by atoms with Crippen molar-refractivity contribution in [2.45, 2.75) is 13.0 Å². The molecule has 2 rings (SSSR count). The lowest BCUT2D eigenvalue weighted by Gasteiger charge is -2.37. The third kappa shape index (κ3) is 2.57. The van der Waals surface area contributed by atoms with Crippen LogP contribution in [0.25, 0.3) is 0 Å². The van der Waals surface area contributed by atoms with Crippen molar-refractivity contribution in [1.82, 2.24) is 9.80 Å². The zero-order chi connectivity index (χ0) is 13.3. The van der Waals surface area contributed by atoms with Crippen LogP contribution in [0.4, 0.5) is 4.39 Å². The Labute approximate surface area is 115 Å². The van der Waals surface area contributed by atoms with Gasteiger partial charge >= 0.3 is 0 Å². The van der Waals surface area contributed by atoms with Gasteiger partial charge in [0.05, 0.1) is 10.0 Å². The molecule has 5 heteroatoms. The van der Waals surface area contributed by atoms with E-state index >= 15 is 0 Å². The molecular formula is C13H16BrFN2O. The fourth-order valence-electron chi connectivity index (χ4n) is 2.07. The minimum Gasteiger partial charge on any atom is -0.336 e. The summed E-state index contributed by atoms with van der Waals surface area (Å²) in [6, 6.07) is 5.11. The van der Waals surface area contributed by atoms with Gasteiger partial charge < -0.3 is 9.80 Å². The number of benzene rings is 1. The van der Waals surface area contributed by atoms with E-state index in [9.17, 15) is 9.18 Å². The fraction of sp³-hybridized carbons (Fsp3) is 0.462. The number of rotatable bonds is 1. The normalized spacial score (nSPS) is 21.1. The number of hydrogen-bond donors (Lipinski definition) is 0. The summed E-state index contributed by atoms with van der Waals surface area (Å²) in [5.74, 6) is -0.706. The highest BCUT2D eigenvalue weighted by molar-refractivity contribution is 9.10. The summed E-state index contributed by atoms with van der Waals surface area (Å²) in [6.07, 6.45) is 0. The number of carbonyl (C=O) groups excluding carboxylic acids is 1. The summed E-state index contributed by atoms with van der Waals surface area (Å²) in [4.78, 5) is 16.2. The number of hydrogen-bond acceptors (Lipinski definition) is 2. The second-order valence-electron chi connectivity index (χ2n) is 4.68. The second kappa shape index (κ2) is 5.36. The minimum atomic E-state index is -0.478. The molecule has 0 bridgehead atoms. The summed E-state index contributed by atoms with van der Waals surface area (Å²) >= 11 is 3.11. The Hall–Kier alpha value is -0.940. The number of nitrogens with zero attached hydrogens (tertiary/aromatic N) is 2. The van der Waals surface area contributed by atoms with E-state index in [-0.39, 0.29) is 11.5 Å². The molecule has 0 N–H and O–H groups in total. The molecule has 1 unspecified atom stereocenters. The molecular weight excluding hydrogens is 299 g/mol. The van der Waals surface area contributed by atoms with Crippen LogP contribution in [-0.4, -0.2) is 48.4 Å². The molecule has 0 saturated carbocycles. The van der Waals surface area contributed by atoms with E-state index in [0.717, 1.165) is 6.54 Å². The van der Waals surface area contributed by atoms with Gasteiger partial charge in [0.25, 0.3) is 5.91 Å². The number of amides is 1. The van der Waals surface area contributed by atoms with Gasteiger partial charge in [-0.2, -0.15) is 0 Å². The Morgan fingerprint density at radius 1 is 1.44 bits per heavy atom. The second-order valence-corrected chi connectivity index (χ2v) is 5.54. The van der Waals surface area contributed by atoms with Crippen molar-refractivity contribution < 1.29 is 9.18 Å². The number of likely N-dealkylation sites (N-methyl/N-ethyl adjacent to an activating group) is 1. The molecule has 1 fully saturated rings. The van der Waals surface area contributed by atoms with Crippen molar-refractivity contribution in [3.05, 3.63) is 34.1 Å². The van der Waals surface area contributed by atoms with Crippen molar-refractivity contribution in [2.75, 3.05) is 26.7 Å². The highest BCUT2D eigenvalue weighted by Crippen LogP contribution is 2.21. The molecule has 1 amide bonds. The predicted octanol–water partition coefficient (Wildman–Crippen LogP) is 2.36. The highest BCUT2D eigenvalue weighted by Gasteiger charge is 2.26. The van der Waals surface area contributed by atoms with Crippen LogP contribution in [0, 0.1) is 5.82 Å².